The lowest BCUT2D eigenvalue weighted by atomic mass is 9.73. The molecule has 30 heavy (non-hydrogen) atoms. The number of benzene rings is 2. The minimum atomic E-state index is -2.21. The number of amides is 2. The lowest BCUT2D eigenvalue weighted by Crippen LogP contribution is -2.52. The van der Waals surface area contributed by atoms with Gasteiger partial charge in [-0.1, -0.05) is 17.7 Å². The minimum Gasteiger partial charge on any atom is -0.423 e. The molecule has 2 aliphatic rings. The van der Waals surface area contributed by atoms with E-state index in [1.165, 1.54) is 17.0 Å². The molecule has 0 radical (unpaired) electrons. The van der Waals surface area contributed by atoms with Gasteiger partial charge in [-0.2, -0.15) is 0 Å². The van der Waals surface area contributed by atoms with Crippen LogP contribution in [0.2, 0.25) is 5.02 Å². The Morgan fingerprint density at radius 1 is 1.33 bits per heavy atom. The van der Waals surface area contributed by atoms with Gasteiger partial charge >= 0.3 is 7.12 Å². The van der Waals surface area contributed by atoms with E-state index in [1.807, 2.05) is 0 Å². The smallest absolute Gasteiger partial charge is 0.423 e. The van der Waals surface area contributed by atoms with Gasteiger partial charge in [0.15, 0.2) is 0 Å². The molecule has 0 saturated carbocycles. The zero-order chi connectivity index (χ0) is 21.5. The zero-order valence-electron chi connectivity index (χ0n) is 15.9. The summed E-state index contributed by atoms with van der Waals surface area (Å²) in [5.41, 5.74) is 0.221. The lowest BCUT2D eigenvalue weighted by Gasteiger charge is -2.24. The van der Waals surface area contributed by atoms with Crippen LogP contribution in [0.4, 0.5) is 10.1 Å². The second kappa shape index (κ2) is 8.00. The summed E-state index contributed by atoms with van der Waals surface area (Å²) in [6.07, 6.45) is 0.508. The highest BCUT2D eigenvalue weighted by Gasteiger charge is 2.51. The van der Waals surface area contributed by atoms with Crippen LogP contribution in [0, 0.1) is 5.82 Å². The van der Waals surface area contributed by atoms with E-state index in [2.05, 4.69) is 5.32 Å². The Kier molecular flexibility index (Phi) is 5.54. The number of fused-ring (bicyclic) bond motifs is 1. The standard InChI is InChI=1S/C20H19BClFN2O5/c22-14-7-12(8-15(23)10-14)11-24-18(26)20(28)4-5-25(19(20)27)16-1-2-17-13(9-16)3-6-30-21(17)29/h1-2,7-10,28-29H,3-6,11H2,(H,24,26). The van der Waals surface area contributed by atoms with Crippen LogP contribution in [0.15, 0.2) is 36.4 Å². The Morgan fingerprint density at radius 2 is 2.13 bits per heavy atom. The number of nitrogens with zero attached hydrogens (tertiary/aromatic N) is 1. The largest absolute Gasteiger partial charge is 0.491 e. The summed E-state index contributed by atoms with van der Waals surface area (Å²) >= 11 is 5.80. The maximum Gasteiger partial charge on any atom is 0.491 e. The van der Waals surface area contributed by atoms with E-state index in [9.17, 15) is 24.1 Å². The highest BCUT2D eigenvalue weighted by Crippen LogP contribution is 2.29. The van der Waals surface area contributed by atoms with Crippen molar-refractivity contribution in [1.82, 2.24) is 5.32 Å². The molecule has 0 spiro atoms. The third-order valence-corrected chi connectivity index (χ3v) is 5.62. The molecule has 0 bridgehead atoms. The zero-order valence-corrected chi connectivity index (χ0v) is 16.7. The molecular formula is C20H19BClFN2O5. The van der Waals surface area contributed by atoms with Crippen molar-refractivity contribution in [2.75, 3.05) is 18.1 Å². The van der Waals surface area contributed by atoms with Gasteiger partial charge in [-0.15, -0.1) is 0 Å². The molecule has 2 aliphatic heterocycles. The molecule has 1 unspecified atom stereocenters. The maximum atomic E-state index is 13.4. The number of anilines is 1. The van der Waals surface area contributed by atoms with Crippen molar-refractivity contribution in [2.24, 2.45) is 0 Å². The first-order chi connectivity index (χ1) is 14.3. The van der Waals surface area contributed by atoms with Crippen LogP contribution in [0.1, 0.15) is 17.5 Å². The number of halogens is 2. The summed E-state index contributed by atoms with van der Waals surface area (Å²) < 4.78 is 18.6. The molecule has 156 valence electrons. The normalized spacial score (nSPS) is 21.0. The fourth-order valence-corrected chi connectivity index (χ4v) is 4.04. The van der Waals surface area contributed by atoms with Crippen molar-refractivity contribution in [3.63, 3.8) is 0 Å². The Balaban J connectivity index is 1.48. The van der Waals surface area contributed by atoms with E-state index in [0.29, 0.717) is 29.7 Å². The van der Waals surface area contributed by atoms with E-state index < -0.39 is 30.4 Å². The molecule has 0 aliphatic carbocycles. The molecule has 1 atom stereocenters. The van der Waals surface area contributed by atoms with E-state index in [1.54, 1.807) is 18.2 Å². The summed E-state index contributed by atoms with van der Waals surface area (Å²) in [6, 6.07) is 8.92. The molecule has 0 aromatic heterocycles. The Morgan fingerprint density at radius 3 is 2.90 bits per heavy atom. The monoisotopic (exact) mass is 432 g/mol. The van der Waals surface area contributed by atoms with Crippen molar-refractivity contribution in [3.8, 4) is 0 Å². The maximum absolute atomic E-state index is 13.4. The molecule has 4 rings (SSSR count). The van der Waals surface area contributed by atoms with Crippen molar-refractivity contribution >= 4 is 41.7 Å². The summed E-state index contributed by atoms with van der Waals surface area (Å²) in [5.74, 6) is -2.13. The predicted octanol–water partition coefficient (Wildman–Crippen LogP) is 0.523. The minimum absolute atomic E-state index is 0.0790. The molecule has 1 fully saturated rings. The van der Waals surface area contributed by atoms with E-state index >= 15 is 0 Å². The quantitative estimate of drug-likeness (QED) is 0.483. The molecular weight excluding hydrogens is 413 g/mol. The van der Waals surface area contributed by atoms with Gasteiger partial charge in [-0.3, -0.25) is 9.59 Å². The Hall–Kier alpha value is -2.46. The number of carbonyl (C=O) groups excluding carboxylic acids is 2. The SMILES string of the molecule is O=C(NCc1cc(F)cc(Cl)c1)C1(O)CCN(c2ccc3c(c2)CCOB3O)C1=O. The number of nitrogens with one attached hydrogen (secondary N) is 1. The van der Waals surface area contributed by atoms with Crippen LogP contribution in [-0.2, 0) is 27.2 Å². The van der Waals surface area contributed by atoms with Gasteiger partial charge in [0.1, 0.15) is 5.82 Å². The summed E-state index contributed by atoms with van der Waals surface area (Å²) in [4.78, 5) is 26.8. The van der Waals surface area contributed by atoms with Gasteiger partial charge in [0.05, 0.1) is 0 Å². The molecule has 2 aromatic carbocycles. The summed E-state index contributed by atoms with van der Waals surface area (Å²) in [6.45, 7) is 0.441. The molecule has 3 N–H and O–H groups in total. The van der Waals surface area contributed by atoms with Crippen molar-refractivity contribution in [3.05, 3.63) is 58.4 Å². The number of hydrogen-bond acceptors (Lipinski definition) is 5. The fourth-order valence-electron chi connectivity index (χ4n) is 3.79. The third kappa shape index (κ3) is 3.81. The number of rotatable bonds is 4. The van der Waals surface area contributed by atoms with Crippen molar-refractivity contribution in [2.45, 2.75) is 25.0 Å². The van der Waals surface area contributed by atoms with Gasteiger partial charge in [0.25, 0.3) is 11.8 Å². The van der Waals surface area contributed by atoms with Crippen LogP contribution in [0.3, 0.4) is 0 Å². The topological polar surface area (TPSA) is 99.1 Å². The van der Waals surface area contributed by atoms with Gasteiger partial charge in [-0.05, 0) is 53.3 Å². The van der Waals surface area contributed by atoms with Gasteiger partial charge in [-0.25, -0.2) is 4.39 Å². The molecule has 2 amide bonds. The first-order valence-corrected chi connectivity index (χ1v) is 9.86. The Bertz CT molecular complexity index is 1000. The van der Waals surface area contributed by atoms with Gasteiger partial charge in [0, 0.05) is 36.8 Å². The highest BCUT2D eigenvalue weighted by molar-refractivity contribution is 6.60. The molecule has 7 nitrogen and oxygen atoms in total. The van der Waals surface area contributed by atoms with Gasteiger partial charge in [0.2, 0.25) is 5.60 Å². The first kappa shape index (κ1) is 20.8. The fraction of sp³-hybridized carbons (Fsp3) is 0.300. The molecule has 10 heteroatoms. The van der Waals surface area contributed by atoms with Crippen molar-refractivity contribution in [1.29, 1.82) is 0 Å². The Labute approximate surface area is 177 Å². The average Bonchev–Trinajstić information content (AvgIpc) is 3.01. The van der Waals surface area contributed by atoms with Gasteiger partial charge < -0.3 is 25.0 Å². The van der Waals surface area contributed by atoms with Crippen molar-refractivity contribution < 1.29 is 28.8 Å². The molecule has 2 aromatic rings. The van der Waals surface area contributed by atoms with Crippen LogP contribution >= 0.6 is 11.6 Å². The van der Waals surface area contributed by atoms with Crippen LogP contribution in [0.5, 0.6) is 0 Å². The highest BCUT2D eigenvalue weighted by atomic mass is 35.5. The van der Waals surface area contributed by atoms with E-state index in [0.717, 1.165) is 11.6 Å². The van der Waals surface area contributed by atoms with E-state index in [4.69, 9.17) is 16.3 Å². The van der Waals surface area contributed by atoms with Crippen LogP contribution < -0.4 is 15.7 Å². The molecule has 1 saturated heterocycles. The van der Waals surface area contributed by atoms with E-state index in [-0.39, 0.29) is 24.5 Å². The average molecular weight is 433 g/mol. The number of aliphatic hydroxyl groups is 1. The third-order valence-electron chi connectivity index (χ3n) is 5.40. The second-order valence-electron chi connectivity index (χ2n) is 7.38. The number of hydrogen-bond donors (Lipinski definition) is 3. The van der Waals surface area contributed by atoms with Crippen LogP contribution in [0.25, 0.3) is 0 Å². The number of carbonyl (C=O) groups is 2. The molecule has 2 heterocycles. The summed E-state index contributed by atoms with van der Waals surface area (Å²) in [5, 5.41) is 23.3. The summed E-state index contributed by atoms with van der Waals surface area (Å²) in [7, 11) is -1.00. The lowest BCUT2D eigenvalue weighted by molar-refractivity contribution is -0.149. The van der Waals surface area contributed by atoms with Crippen LogP contribution in [-0.4, -0.2) is 47.8 Å². The first-order valence-electron chi connectivity index (χ1n) is 9.48. The predicted molar refractivity (Wildman–Crippen MR) is 109 cm³/mol. The second-order valence-corrected chi connectivity index (χ2v) is 7.82.